The van der Waals surface area contributed by atoms with Gasteiger partial charge in [-0.2, -0.15) is 0 Å². The van der Waals surface area contributed by atoms with Crippen LogP contribution in [0, 0.1) is 0 Å². The Hall–Kier alpha value is -1.28. The number of guanidine groups is 1. The Kier molecular flexibility index (Phi) is 10.1. The molecule has 2 N–H and O–H groups in total. The van der Waals surface area contributed by atoms with Crippen LogP contribution in [0.2, 0.25) is 0 Å². The second-order valence-corrected chi connectivity index (χ2v) is 7.58. The summed E-state index contributed by atoms with van der Waals surface area (Å²) in [6.45, 7) is 8.74. The molecular formula is C22H36IN5. The minimum absolute atomic E-state index is 0. The number of piperidine rings is 1. The van der Waals surface area contributed by atoms with Crippen LogP contribution in [-0.2, 0) is 6.54 Å². The third-order valence-corrected chi connectivity index (χ3v) is 5.56. The fourth-order valence-corrected chi connectivity index (χ4v) is 3.77. The zero-order valence-electron chi connectivity index (χ0n) is 17.4. The van der Waals surface area contributed by atoms with E-state index < -0.39 is 0 Å². The summed E-state index contributed by atoms with van der Waals surface area (Å²) in [5.74, 6) is 0.912. The average molecular weight is 497 g/mol. The van der Waals surface area contributed by atoms with E-state index in [1.807, 2.05) is 7.05 Å². The van der Waals surface area contributed by atoms with Crippen LogP contribution in [0.5, 0.6) is 0 Å². The van der Waals surface area contributed by atoms with Gasteiger partial charge in [-0.3, -0.25) is 4.99 Å². The van der Waals surface area contributed by atoms with Crippen molar-refractivity contribution in [3.8, 4) is 0 Å². The summed E-state index contributed by atoms with van der Waals surface area (Å²) in [7, 11) is 1.86. The number of hydrogen-bond donors (Lipinski definition) is 2. The molecule has 5 nitrogen and oxygen atoms in total. The lowest BCUT2D eigenvalue weighted by atomic mass is 10.0. The van der Waals surface area contributed by atoms with Crippen molar-refractivity contribution in [3.63, 3.8) is 0 Å². The molecule has 0 amide bonds. The molecule has 1 saturated heterocycles. The van der Waals surface area contributed by atoms with Crippen LogP contribution in [0.4, 0.5) is 5.69 Å². The summed E-state index contributed by atoms with van der Waals surface area (Å²) < 4.78 is 0. The number of likely N-dealkylation sites (tertiary alicyclic amines) is 1. The number of hydrogen-bond acceptors (Lipinski definition) is 3. The quantitative estimate of drug-likeness (QED) is 0.262. The van der Waals surface area contributed by atoms with Crippen LogP contribution in [-0.4, -0.2) is 56.7 Å². The van der Waals surface area contributed by atoms with E-state index in [-0.39, 0.29) is 24.0 Å². The Bertz CT molecular complexity index is 612. The normalized spacial score (nSPS) is 18.2. The van der Waals surface area contributed by atoms with Gasteiger partial charge in [0.25, 0.3) is 0 Å². The van der Waals surface area contributed by atoms with Gasteiger partial charge in [0.15, 0.2) is 5.96 Å². The third kappa shape index (κ3) is 6.95. The van der Waals surface area contributed by atoms with E-state index in [4.69, 9.17) is 0 Å². The minimum Gasteiger partial charge on any atom is -0.364 e. The molecular weight excluding hydrogens is 461 g/mol. The predicted molar refractivity (Wildman–Crippen MR) is 131 cm³/mol. The van der Waals surface area contributed by atoms with Gasteiger partial charge in [-0.1, -0.05) is 37.6 Å². The molecule has 1 aromatic rings. The van der Waals surface area contributed by atoms with Crippen molar-refractivity contribution in [2.75, 3.05) is 44.7 Å². The number of anilines is 1. The van der Waals surface area contributed by atoms with Crippen molar-refractivity contribution in [3.05, 3.63) is 42.0 Å². The van der Waals surface area contributed by atoms with E-state index in [0.29, 0.717) is 6.04 Å². The van der Waals surface area contributed by atoms with Gasteiger partial charge in [-0.25, -0.2) is 0 Å². The maximum atomic E-state index is 4.41. The molecule has 1 fully saturated rings. The molecule has 6 heteroatoms. The summed E-state index contributed by atoms with van der Waals surface area (Å²) in [5, 5.41) is 7.07. The van der Waals surface area contributed by atoms with Crippen molar-refractivity contribution < 1.29 is 0 Å². The summed E-state index contributed by atoms with van der Waals surface area (Å²) in [6, 6.07) is 9.37. The molecule has 2 aliphatic rings. The second kappa shape index (κ2) is 12.3. The average Bonchev–Trinajstić information content (AvgIpc) is 3.26. The molecule has 0 saturated carbocycles. The van der Waals surface area contributed by atoms with Gasteiger partial charge in [0, 0.05) is 51.5 Å². The van der Waals surface area contributed by atoms with Crippen LogP contribution in [0.3, 0.4) is 0 Å². The van der Waals surface area contributed by atoms with Crippen LogP contribution in [0.15, 0.2) is 41.4 Å². The van der Waals surface area contributed by atoms with Crippen molar-refractivity contribution in [2.45, 2.75) is 45.2 Å². The molecule has 0 aliphatic carbocycles. The number of halogens is 1. The number of unbranched alkanes of at least 4 members (excludes halogenated alkanes) is 1. The zero-order chi connectivity index (χ0) is 18.9. The largest absolute Gasteiger partial charge is 0.364 e. The van der Waals surface area contributed by atoms with E-state index in [9.17, 15) is 0 Å². The fraction of sp³-hybridized carbons (Fsp3) is 0.591. The highest BCUT2D eigenvalue weighted by Gasteiger charge is 2.19. The smallest absolute Gasteiger partial charge is 0.191 e. The minimum atomic E-state index is 0. The molecule has 0 aromatic heterocycles. The molecule has 0 radical (unpaired) electrons. The standard InChI is InChI=1S/C22H35N5.HI/c1-3-4-13-26-16-11-20(12-17-26)25-22(23-2)24-18-19-7-9-21(10-8-19)27-14-5-6-15-27;/h5-10,20H,3-4,11-18H2,1-2H3,(H2,23,24,25);1H. The lowest BCUT2D eigenvalue weighted by Crippen LogP contribution is -2.48. The summed E-state index contributed by atoms with van der Waals surface area (Å²) in [6.07, 6.45) is 9.43. The van der Waals surface area contributed by atoms with Gasteiger partial charge in [-0.05, 0) is 43.5 Å². The Labute approximate surface area is 187 Å². The first-order valence-corrected chi connectivity index (χ1v) is 10.5. The van der Waals surface area contributed by atoms with Gasteiger partial charge >= 0.3 is 0 Å². The van der Waals surface area contributed by atoms with Crippen LogP contribution in [0.25, 0.3) is 0 Å². The number of benzene rings is 1. The zero-order valence-corrected chi connectivity index (χ0v) is 19.7. The number of rotatable bonds is 7. The molecule has 156 valence electrons. The fourth-order valence-electron chi connectivity index (χ4n) is 3.77. The predicted octanol–water partition coefficient (Wildman–Crippen LogP) is 3.61. The monoisotopic (exact) mass is 497 g/mol. The lowest BCUT2D eigenvalue weighted by molar-refractivity contribution is 0.203. The topological polar surface area (TPSA) is 42.9 Å². The summed E-state index contributed by atoms with van der Waals surface area (Å²) in [4.78, 5) is 9.37. The van der Waals surface area contributed by atoms with Crippen LogP contribution >= 0.6 is 24.0 Å². The highest BCUT2D eigenvalue weighted by molar-refractivity contribution is 14.0. The Morgan fingerprint density at radius 3 is 2.39 bits per heavy atom. The molecule has 0 unspecified atom stereocenters. The van der Waals surface area contributed by atoms with Crippen molar-refractivity contribution in [2.24, 2.45) is 4.99 Å². The molecule has 2 heterocycles. The van der Waals surface area contributed by atoms with Gasteiger partial charge in [0.05, 0.1) is 0 Å². The van der Waals surface area contributed by atoms with E-state index in [2.05, 4.69) is 68.8 Å². The SMILES string of the molecule is CCCCN1CCC(NC(=NC)NCc2ccc(N3CC=CC3)cc2)CC1.I. The highest BCUT2D eigenvalue weighted by atomic mass is 127. The first kappa shape index (κ1) is 23.0. The van der Waals surface area contributed by atoms with E-state index in [1.165, 1.54) is 56.6 Å². The molecule has 0 atom stereocenters. The number of nitrogens with zero attached hydrogens (tertiary/aromatic N) is 3. The van der Waals surface area contributed by atoms with Crippen molar-refractivity contribution in [1.82, 2.24) is 15.5 Å². The maximum Gasteiger partial charge on any atom is 0.191 e. The molecule has 28 heavy (non-hydrogen) atoms. The molecule has 2 aliphatic heterocycles. The first-order valence-electron chi connectivity index (χ1n) is 10.5. The van der Waals surface area contributed by atoms with E-state index in [1.54, 1.807) is 0 Å². The molecule has 3 rings (SSSR count). The number of nitrogens with one attached hydrogen (secondary N) is 2. The van der Waals surface area contributed by atoms with Gasteiger partial charge in [-0.15, -0.1) is 24.0 Å². The lowest BCUT2D eigenvalue weighted by Gasteiger charge is -2.33. The van der Waals surface area contributed by atoms with Gasteiger partial charge < -0.3 is 20.4 Å². The Morgan fingerprint density at radius 1 is 1.11 bits per heavy atom. The van der Waals surface area contributed by atoms with Gasteiger partial charge in [0.1, 0.15) is 0 Å². The van der Waals surface area contributed by atoms with Crippen molar-refractivity contribution in [1.29, 1.82) is 0 Å². The molecule has 0 spiro atoms. The van der Waals surface area contributed by atoms with E-state index in [0.717, 1.165) is 25.6 Å². The number of aliphatic imine (C=N–C) groups is 1. The third-order valence-electron chi connectivity index (χ3n) is 5.56. The van der Waals surface area contributed by atoms with Crippen LogP contribution in [0.1, 0.15) is 38.2 Å². The maximum absolute atomic E-state index is 4.41. The Morgan fingerprint density at radius 2 is 1.79 bits per heavy atom. The molecule has 1 aromatic carbocycles. The van der Waals surface area contributed by atoms with E-state index >= 15 is 0 Å². The van der Waals surface area contributed by atoms with Crippen LogP contribution < -0.4 is 15.5 Å². The summed E-state index contributed by atoms with van der Waals surface area (Å²) in [5.41, 5.74) is 2.57. The highest BCUT2D eigenvalue weighted by Crippen LogP contribution is 2.17. The second-order valence-electron chi connectivity index (χ2n) is 7.58. The molecule has 0 bridgehead atoms. The first-order chi connectivity index (χ1) is 13.3. The van der Waals surface area contributed by atoms with Crippen molar-refractivity contribution >= 4 is 35.6 Å². The van der Waals surface area contributed by atoms with Gasteiger partial charge in [0.2, 0.25) is 0 Å². The summed E-state index contributed by atoms with van der Waals surface area (Å²) >= 11 is 0. The Balaban J connectivity index is 0.00000280.